The number of hydrogen-bond acceptors (Lipinski definition) is 5. The van der Waals surface area contributed by atoms with Crippen molar-refractivity contribution < 1.29 is 23.9 Å². The highest BCUT2D eigenvalue weighted by atomic mass is 16.5. The molecule has 36 heavy (non-hydrogen) atoms. The number of nitrogens with zero attached hydrogens (tertiary/aromatic N) is 1. The molecule has 3 aliphatic rings. The Morgan fingerprint density at radius 3 is 2.86 bits per heavy atom. The Morgan fingerprint density at radius 2 is 2.17 bits per heavy atom. The molecule has 9 nitrogen and oxygen atoms in total. The minimum atomic E-state index is -0.655. The van der Waals surface area contributed by atoms with Gasteiger partial charge >= 0.3 is 0 Å². The number of rotatable bonds is 6. The molecule has 3 saturated heterocycles. The van der Waals surface area contributed by atoms with Crippen LogP contribution in [0.5, 0.6) is 5.75 Å². The number of likely N-dealkylation sites (tertiary alicyclic amines) is 1. The molecule has 3 amide bonds. The van der Waals surface area contributed by atoms with Crippen LogP contribution in [0.4, 0.5) is 0 Å². The highest BCUT2D eigenvalue weighted by Gasteiger charge is 2.49. The third-order valence-corrected chi connectivity index (χ3v) is 7.90. The molecule has 1 aromatic carbocycles. The van der Waals surface area contributed by atoms with Crippen molar-refractivity contribution in [1.29, 1.82) is 0 Å². The molecular formula is C27H32N4O5. The molecule has 3 N–H and O–H groups in total. The zero-order valence-corrected chi connectivity index (χ0v) is 20.5. The van der Waals surface area contributed by atoms with Crippen molar-refractivity contribution in [2.24, 2.45) is 11.3 Å². The summed E-state index contributed by atoms with van der Waals surface area (Å²) in [5, 5.41) is 6.57. The van der Waals surface area contributed by atoms with Crippen LogP contribution in [0.25, 0.3) is 10.9 Å². The topological polar surface area (TPSA) is 113 Å². The summed E-state index contributed by atoms with van der Waals surface area (Å²) in [5.74, 6) is 2.55. The molecule has 1 spiro atoms. The molecule has 0 bridgehead atoms. The lowest BCUT2D eigenvalue weighted by Crippen LogP contribution is -2.49. The molecule has 5 rings (SSSR count). The van der Waals surface area contributed by atoms with Crippen LogP contribution in [0.2, 0.25) is 0 Å². The first kappa shape index (κ1) is 24.2. The summed E-state index contributed by atoms with van der Waals surface area (Å²) in [6.45, 7) is 2.33. The van der Waals surface area contributed by atoms with Crippen molar-refractivity contribution in [3.05, 3.63) is 30.0 Å². The summed E-state index contributed by atoms with van der Waals surface area (Å²) < 4.78 is 11.0. The third kappa shape index (κ3) is 4.53. The van der Waals surface area contributed by atoms with Crippen molar-refractivity contribution in [2.45, 2.75) is 44.2 Å². The van der Waals surface area contributed by atoms with E-state index in [9.17, 15) is 14.4 Å². The summed E-state index contributed by atoms with van der Waals surface area (Å²) in [6.07, 6.45) is 8.95. The molecule has 3 atom stereocenters. The molecule has 1 aromatic heterocycles. The minimum absolute atomic E-state index is 0.0300. The average Bonchev–Trinajstić information content (AvgIpc) is 3.60. The highest BCUT2D eigenvalue weighted by Crippen LogP contribution is 2.43. The van der Waals surface area contributed by atoms with Gasteiger partial charge in [-0.3, -0.25) is 14.4 Å². The van der Waals surface area contributed by atoms with Gasteiger partial charge in [0, 0.05) is 43.1 Å². The van der Waals surface area contributed by atoms with Crippen LogP contribution in [0.1, 0.15) is 42.6 Å². The molecule has 4 heterocycles. The lowest BCUT2D eigenvalue weighted by atomic mass is 9.78. The maximum absolute atomic E-state index is 13.8. The van der Waals surface area contributed by atoms with Gasteiger partial charge in [-0.05, 0) is 55.7 Å². The van der Waals surface area contributed by atoms with Crippen LogP contribution >= 0.6 is 0 Å². The summed E-state index contributed by atoms with van der Waals surface area (Å²) in [4.78, 5) is 44.2. The number of carbonyl (C=O) groups excluding carboxylic acids is 3. The van der Waals surface area contributed by atoms with Crippen molar-refractivity contribution in [1.82, 2.24) is 20.5 Å². The summed E-state index contributed by atoms with van der Waals surface area (Å²) in [5.41, 5.74) is 1.03. The molecule has 3 fully saturated rings. The zero-order chi connectivity index (χ0) is 25.3. The van der Waals surface area contributed by atoms with E-state index in [1.54, 1.807) is 18.1 Å². The molecule has 0 saturated carbocycles. The van der Waals surface area contributed by atoms with Gasteiger partial charge in [-0.15, -0.1) is 6.42 Å². The van der Waals surface area contributed by atoms with Gasteiger partial charge in [0.1, 0.15) is 17.5 Å². The smallest absolute Gasteiger partial charge is 0.271 e. The first-order valence-electron chi connectivity index (χ1n) is 12.5. The summed E-state index contributed by atoms with van der Waals surface area (Å²) >= 11 is 0. The fraction of sp³-hybridized carbons (Fsp3) is 0.519. The van der Waals surface area contributed by atoms with E-state index in [0.29, 0.717) is 57.0 Å². The number of fused-ring (bicyclic) bond motifs is 1. The standard InChI is InChI=1S/C27H32N4O5/c1-3-18(13-17-7-10-28-24(17)32)29-25(33)22-15-27(8-11-36-12-9-27)16-31(22)26(34)21-14-19-20(30-21)5-4-6-23(19)35-2/h1,4-6,14,17-18,22,30H,7-13,15-16H2,2H3,(H,28,32)(H,29,33)/t17-,18+,22-/m0/s1. The maximum Gasteiger partial charge on any atom is 0.271 e. The van der Waals surface area contributed by atoms with Crippen LogP contribution in [-0.2, 0) is 14.3 Å². The van der Waals surface area contributed by atoms with Gasteiger partial charge in [0.05, 0.1) is 13.2 Å². The van der Waals surface area contributed by atoms with E-state index in [1.807, 2.05) is 18.2 Å². The number of aromatic nitrogens is 1. The number of aromatic amines is 1. The predicted molar refractivity (Wildman–Crippen MR) is 133 cm³/mol. The Balaban J connectivity index is 1.39. The van der Waals surface area contributed by atoms with E-state index in [4.69, 9.17) is 15.9 Å². The lowest BCUT2D eigenvalue weighted by Gasteiger charge is -2.32. The Hall–Kier alpha value is -3.51. The number of benzene rings is 1. The maximum atomic E-state index is 13.8. The second kappa shape index (κ2) is 9.86. The van der Waals surface area contributed by atoms with E-state index < -0.39 is 12.1 Å². The van der Waals surface area contributed by atoms with Gasteiger partial charge in [-0.2, -0.15) is 0 Å². The first-order chi connectivity index (χ1) is 17.4. The van der Waals surface area contributed by atoms with Gasteiger partial charge in [-0.25, -0.2) is 0 Å². The van der Waals surface area contributed by atoms with Crippen LogP contribution in [0.15, 0.2) is 24.3 Å². The van der Waals surface area contributed by atoms with Crippen LogP contribution in [0.3, 0.4) is 0 Å². The highest BCUT2D eigenvalue weighted by molar-refractivity contribution is 6.02. The molecule has 0 radical (unpaired) electrons. The quantitative estimate of drug-likeness (QED) is 0.533. The molecule has 0 unspecified atom stereocenters. The number of ether oxygens (including phenoxy) is 2. The number of amides is 3. The van der Waals surface area contributed by atoms with Gasteiger partial charge in [-0.1, -0.05) is 12.0 Å². The zero-order valence-electron chi connectivity index (χ0n) is 20.5. The van der Waals surface area contributed by atoms with Gasteiger partial charge in [0.25, 0.3) is 5.91 Å². The number of hydrogen-bond donors (Lipinski definition) is 3. The van der Waals surface area contributed by atoms with E-state index >= 15 is 0 Å². The van der Waals surface area contributed by atoms with Crippen molar-refractivity contribution in [2.75, 3.05) is 33.4 Å². The number of H-pyrrole nitrogens is 1. The van der Waals surface area contributed by atoms with E-state index in [2.05, 4.69) is 21.5 Å². The largest absolute Gasteiger partial charge is 0.496 e. The lowest BCUT2D eigenvalue weighted by molar-refractivity contribution is -0.126. The Morgan fingerprint density at radius 1 is 1.36 bits per heavy atom. The Labute approximate surface area is 210 Å². The fourth-order valence-electron chi connectivity index (χ4n) is 5.84. The van der Waals surface area contributed by atoms with Crippen molar-refractivity contribution in [3.63, 3.8) is 0 Å². The fourth-order valence-corrected chi connectivity index (χ4v) is 5.84. The van der Waals surface area contributed by atoms with Crippen LogP contribution in [0, 0.1) is 23.7 Å². The second-order valence-electron chi connectivity index (χ2n) is 10.1. The Bertz CT molecular complexity index is 1210. The minimum Gasteiger partial charge on any atom is -0.496 e. The second-order valence-corrected chi connectivity index (χ2v) is 10.1. The van der Waals surface area contributed by atoms with Crippen molar-refractivity contribution in [3.8, 4) is 18.1 Å². The van der Waals surface area contributed by atoms with Gasteiger partial charge in [0.2, 0.25) is 11.8 Å². The number of methoxy groups -OCH3 is 1. The predicted octanol–water partition coefficient (Wildman–Crippen LogP) is 1.83. The van der Waals surface area contributed by atoms with Crippen LogP contribution < -0.4 is 15.4 Å². The van der Waals surface area contributed by atoms with Crippen molar-refractivity contribution >= 4 is 28.6 Å². The molecule has 0 aliphatic carbocycles. The van der Waals surface area contributed by atoms with Gasteiger partial charge in [0.15, 0.2) is 0 Å². The molecule has 2 aromatic rings. The molecule has 190 valence electrons. The monoisotopic (exact) mass is 492 g/mol. The van der Waals surface area contributed by atoms with Gasteiger partial charge < -0.3 is 30.0 Å². The SMILES string of the molecule is C#C[C@H](C[C@@H]1CCNC1=O)NC(=O)[C@@H]1CC2(CCOCC2)CN1C(=O)c1cc2c(OC)cccc2[nH]1. The third-order valence-electron chi connectivity index (χ3n) is 7.90. The summed E-state index contributed by atoms with van der Waals surface area (Å²) in [7, 11) is 1.59. The molecule has 9 heteroatoms. The Kier molecular flexibility index (Phi) is 6.63. The molecule has 3 aliphatic heterocycles. The normalized spacial score (nSPS) is 23.9. The van der Waals surface area contributed by atoms with E-state index in [0.717, 1.165) is 23.7 Å². The number of carbonyl (C=O) groups is 3. The molecular weight excluding hydrogens is 460 g/mol. The van der Waals surface area contributed by atoms with Crippen LogP contribution in [-0.4, -0.2) is 73.1 Å². The number of terminal acetylenes is 1. The average molecular weight is 493 g/mol. The number of nitrogens with one attached hydrogen (secondary N) is 3. The van der Waals surface area contributed by atoms with E-state index in [1.165, 1.54) is 0 Å². The summed E-state index contributed by atoms with van der Waals surface area (Å²) in [6, 6.07) is 6.14. The first-order valence-corrected chi connectivity index (χ1v) is 12.5. The van der Waals surface area contributed by atoms with E-state index in [-0.39, 0.29) is 29.1 Å².